The van der Waals surface area contributed by atoms with Crippen molar-refractivity contribution in [2.24, 2.45) is 0 Å². The van der Waals surface area contributed by atoms with Gasteiger partial charge in [0.25, 0.3) is 5.91 Å². The SMILES string of the molecule is O=C(CCc1ccc2ccccc2c1)C(=O)N[C@H](CN1CCC1)[C@H](O)c1cc(F)c2c(c1)OCCO2. The first-order valence-electron chi connectivity index (χ1n) is 12.3. The van der Waals surface area contributed by atoms with Gasteiger partial charge in [-0.05, 0) is 60.0 Å². The van der Waals surface area contributed by atoms with Crippen LogP contribution >= 0.6 is 0 Å². The zero-order valence-electron chi connectivity index (χ0n) is 19.9. The van der Waals surface area contributed by atoms with E-state index in [1.807, 2.05) is 42.5 Å². The fourth-order valence-corrected chi connectivity index (χ4v) is 4.62. The normalized spacial score (nSPS) is 16.7. The quantitative estimate of drug-likeness (QED) is 0.446. The Bertz CT molecular complexity index is 1280. The molecule has 36 heavy (non-hydrogen) atoms. The monoisotopic (exact) mass is 492 g/mol. The fraction of sp³-hybridized carbons (Fsp3) is 0.357. The Hall–Kier alpha value is -3.49. The maximum atomic E-state index is 14.6. The molecule has 2 aliphatic rings. The number of amides is 1. The third kappa shape index (κ3) is 5.34. The van der Waals surface area contributed by atoms with Gasteiger partial charge in [0, 0.05) is 13.0 Å². The standard InChI is InChI=1S/C28H29FN2O5/c29-22-15-21(16-25-27(22)36-13-12-35-25)26(33)23(17-31-10-3-11-31)30-28(34)24(32)9-7-18-6-8-19-4-1-2-5-20(19)14-18/h1-2,4-6,8,14-16,23,26,33H,3,7,9-13,17H2,(H,30,34)/t23-,26-/m1/s1. The van der Waals surface area contributed by atoms with Gasteiger partial charge < -0.3 is 24.8 Å². The van der Waals surface area contributed by atoms with Crippen LogP contribution in [0, 0.1) is 5.82 Å². The highest BCUT2D eigenvalue weighted by Crippen LogP contribution is 2.36. The van der Waals surface area contributed by atoms with Crippen LogP contribution in [0.1, 0.15) is 30.1 Å². The number of aryl methyl sites for hydroxylation is 1. The van der Waals surface area contributed by atoms with E-state index in [4.69, 9.17) is 9.47 Å². The van der Waals surface area contributed by atoms with Crippen LogP contribution in [0.2, 0.25) is 0 Å². The summed E-state index contributed by atoms with van der Waals surface area (Å²) in [7, 11) is 0. The Morgan fingerprint density at radius 1 is 1.03 bits per heavy atom. The van der Waals surface area contributed by atoms with E-state index in [1.54, 1.807) is 0 Å². The molecule has 7 nitrogen and oxygen atoms in total. The number of fused-ring (bicyclic) bond motifs is 2. The molecule has 0 bridgehead atoms. The number of ketones is 1. The number of nitrogens with one attached hydrogen (secondary N) is 1. The molecule has 8 heteroatoms. The van der Waals surface area contributed by atoms with Gasteiger partial charge in [-0.1, -0.05) is 42.5 Å². The number of nitrogens with zero attached hydrogens (tertiary/aromatic N) is 1. The van der Waals surface area contributed by atoms with Crippen LogP contribution in [-0.2, 0) is 16.0 Å². The molecular weight excluding hydrogens is 463 g/mol. The Morgan fingerprint density at radius 3 is 2.58 bits per heavy atom. The van der Waals surface area contributed by atoms with Crippen LogP contribution < -0.4 is 14.8 Å². The summed E-state index contributed by atoms with van der Waals surface area (Å²) in [5, 5.41) is 16.0. The number of likely N-dealkylation sites (tertiary alicyclic amines) is 1. The van der Waals surface area contributed by atoms with Gasteiger partial charge in [-0.2, -0.15) is 0 Å². The molecule has 0 saturated carbocycles. The van der Waals surface area contributed by atoms with Crippen molar-refractivity contribution in [1.82, 2.24) is 10.2 Å². The smallest absolute Gasteiger partial charge is 0.287 e. The molecule has 0 aromatic heterocycles. The molecule has 3 aromatic carbocycles. The Kier molecular flexibility index (Phi) is 7.16. The average Bonchev–Trinajstić information content (AvgIpc) is 2.87. The number of rotatable bonds is 9. The minimum Gasteiger partial charge on any atom is -0.486 e. The topological polar surface area (TPSA) is 88.1 Å². The van der Waals surface area contributed by atoms with Crippen LogP contribution in [-0.4, -0.2) is 60.6 Å². The van der Waals surface area contributed by atoms with Gasteiger partial charge in [0.15, 0.2) is 17.3 Å². The van der Waals surface area contributed by atoms with E-state index in [0.717, 1.165) is 35.8 Å². The lowest BCUT2D eigenvalue weighted by atomic mass is 9.98. The molecule has 2 atom stereocenters. The van der Waals surface area contributed by atoms with Crippen molar-refractivity contribution in [3.8, 4) is 11.5 Å². The zero-order valence-corrected chi connectivity index (χ0v) is 19.9. The van der Waals surface area contributed by atoms with Crippen molar-refractivity contribution in [3.63, 3.8) is 0 Å². The first-order valence-corrected chi connectivity index (χ1v) is 12.3. The zero-order chi connectivity index (χ0) is 25.1. The molecule has 188 valence electrons. The third-order valence-electron chi connectivity index (χ3n) is 6.77. The number of hydrogen-bond acceptors (Lipinski definition) is 6. The number of aliphatic hydroxyl groups is 1. The van der Waals surface area contributed by atoms with Gasteiger partial charge in [0.1, 0.15) is 19.3 Å². The fourth-order valence-electron chi connectivity index (χ4n) is 4.62. The van der Waals surface area contributed by atoms with Crippen LogP contribution in [0.5, 0.6) is 11.5 Å². The summed E-state index contributed by atoms with van der Waals surface area (Å²) < 4.78 is 25.4. The van der Waals surface area contributed by atoms with E-state index in [2.05, 4.69) is 10.2 Å². The highest BCUT2D eigenvalue weighted by Gasteiger charge is 2.31. The molecule has 2 aliphatic heterocycles. The largest absolute Gasteiger partial charge is 0.486 e. The van der Waals surface area contributed by atoms with Gasteiger partial charge in [-0.15, -0.1) is 0 Å². The molecule has 1 amide bonds. The summed E-state index contributed by atoms with van der Waals surface area (Å²) in [6, 6.07) is 15.9. The van der Waals surface area contributed by atoms with Crippen LogP contribution in [0.4, 0.5) is 4.39 Å². The van der Waals surface area contributed by atoms with Crippen molar-refractivity contribution in [2.45, 2.75) is 31.4 Å². The van der Waals surface area contributed by atoms with Crippen molar-refractivity contribution in [1.29, 1.82) is 0 Å². The summed E-state index contributed by atoms with van der Waals surface area (Å²) in [6.45, 7) is 2.56. The van der Waals surface area contributed by atoms with Crippen LogP contribution in [0.3, 0.4) is 0 Å². The second-order valence-corrected chi connectivity index (χ2v) is 9.31. The van der Waals surface area contributed by atoms with Crippen molar-refractivity contribution in [2.75, 3.05) is 32.8 Å². The van der Waals surface area contributed by atoms with Crippen LogP contribution in [0.25, 0.3) is 10.8 Å². The maximum absolute atomic E-state index is 14.6. The van der Waals surface area contributed by atoms with Gasteiger partial charge in [0.2, 0.25) is 5.78 Å². The lowest BCUT2D eigenvalue weighted by Gasteiger charge is -2.36. The Morgan fingerprint density at radius 2 is 1.81 bits per heavy atom. The average molecular weight is 493 g/mol. The number of aliphatic hydroxyl groups excluding tert-OH is 1. The first kappa shape index (κ1) is 24.2. The lowest BCUT2D eigenvalue weighted by molar-refractivity contribution is -0.139. The minimum absolute atomic E-state index is 0.0180. The lowest BCUT2D eigenvalue weighted by Crippen LogP contribution is -2.52. The molecule has 0 spiro atoms. The van der Waals surface area contributed by atoms with E-state index >= 15 is 0 Å². The number of halogens is 1. The highest BCUT2D eigenvalue weighted by molar-refractivity contribution is 6.36. The number of benzene rings is 3. The number of ether oxygens (including phenoxy) is 2. The van der Waals surface area contributed by atoms with E-state index in [0.29, 0.717) is 13.0 Å². The predicted molar refractivity (Wildman–Crippen MR) is 133 cm³/mol. The van der Waals surface area contributed by atoms with Crippen LogP contribution in [0.15, 0.2) is 54.6 Å². The summed E-state index contributed by atoms with van der Waals surface area (Å²) in [5.74, 6) is -1.71. The molecule has 1 fully saturated rings. The van der Waals surface area contributed by atoms with Gasteiger partial charge in [0.05, 0.1) is 6.04 Å². The summed E-state index contributed by atoms with van der Waals surface area (Å²) in [6.07, 6.45) is 0.285. The highest BCUT2D eigenvalue weighted by atomic mass is 19.1. The number of Topliss-reactive ketones (excluding diaryl/α,β-unsaturated/α-hetero) is 1. The summed E-state index contributed by atoms with van der Waals surface area (Å²) in [5.41, 5.74) is 1.23. The molecule has 5 rings (SSSR count). The predicted octanol–water partition coefficient (Wildman–Crippen LogP) is 3.18. The second kappa shape index (κ2) is 10.6. The van der Waals surface area contributed by atoms with Gasteiger partial charge in [-0.25, -0.2) is 4.39 Å². The van der Waals surface area contributed by atoms with Crippen molar-refractivity contribution >= 4 is 22.5 Å². The maximum Gasteiger partial charge on any atom is 0.287 e. The van der Waals surface area contributed by atoms with E-state index in [-0.39, 0.29) is 36.7 Å². The molecule has 0 aliphatic carbocycles. The van der Waals surface area contributed by atoms with Crippen molar-refractivity contribution in [3.05, 3.63) is 71.5 Å². The molecule has 2 heterocycles. The van der Waals surface area contributed by atoms with E-state index in [1.165, 1.54) is 12.1 Å². The number of hydrogen-bond donors (Lipinski definition) is 2. The number of carbonyl (C=O) groups is 2. The molecular formula is C28H29FN2O5. The molecule has 0 radical (unpaired) electrons. The Balaban J connectivity index is 1.26. The van der Waals surface area contributed by atoms with Crippen molar-refractivity contribution < 1.29 is 28.6 Å². The van der Waals surface area contributed by atoms with E-state index < -0.39 is 29.7 Å². The third-order valence-corrected chi connectivity index (χ3v) is 6.77. The summed E-state index contributed by atoms with van der Waals surface area (Å²) >= 11 is 0. The molecule has 0 unspecified atom stereocenters. The van der Waals surface area contributed by atoms with Gasteiger partial charge >= 0.3 is 0 Å². The van der Waals surface area contributed by atoms with E-state index in [9.17, 15) is 19.1 Å². The molecule has 3 aromatic rings. The molecule has 2 N–H and O–H groups in total. The Labute approximate surface area is 208 Å². The van der Waals surface area contributed by atoms with Gasteiger partial charge in [-0.3, -0.25) is 9.59 Å². The summed E-state index contributed by atoms with van der Waals surface area (Å²) in [4.78, 5) is 27.6. The minimum atomic E-state index is -1.23. The first-order chi connectivity index (χ1) is 17.5. The molecule has 1 saturated heterocycles. The second-order valence-electron chi connectivity index (χ2n) is 9.31. The number of carbonyl (C=O) groups excluding carboxylic acids is 2.